The van der Waals surface area contributed by atoms with E-state index < -0.39 is 5.25 Å². The monoisotopic (exact) mass is 411 g/mol. The summed E-state index contributed by atoms with van der Waals surface area (Å²) in [5, 5.41) is 8.50. The van der Waals surface area contributed by atoms with Crippen LogP contribution < -0.4 is 15.6 Å². The molecular weight excluding hydrogens is 390 g/mol. The molecule has 0 unspecified atom stereocenters. The largest absolute Gasteiger partial charge is 0.497 e. The van der Waals surface area contributed by atoms with Crippen LogP contribution in [0.2, 0.25) is 0 Å². The van der Waals surface area contributed by atoms with E-state index in [0.717, 1.165) is 11.3 Å². The lowest BCUT2D eigenvalue weighted by molar-refractivity contribution is -0.121. The van der Waals surface area contributed by atoms with Crippen LogP contribution in [0.5, 0.6) is 5.75 Å². The van der Waals surface area contributed by atoms with E-state index in [2.05, 4.69) is 21.0 Å². The highest BCUT2D eigenvalue weighted by Gasteiger charge is 2.20. The van der Waals surface area contributed by atoms with Crippen LogP contribution in [0.15, 0.2) is 59.8 Å². The van der Waals surface area contributed by atoms with Crippen LogP contribution in [0, 0.1) is 0 Å². The Kier molecular flexibility index (Phi) is 6.50. The second-order valence-corrected chi connectivity index (χ2v) is 7.47. The molecule has 1 aromatic heterocycles. The first-order valence-electron chi connectivity index (χ1n) is 8.85. The molecule has 150 valence electrons. The van der Waals surface area contributed by atoms with E-state index >= 15 is 0 Å². The fourth-order valence-corrected chi connectivity index (χ4v) is 3.32. The first-order chi connectivity index (χ1) is 14.0. The Labute approximate surface area is 172 Å². The van der Waals surface area contributed by atoms with Crippen molar-refractivity contribution in [2.45, 2.75) is 17.3 Å². The number of nitrogens with zero attached hydrogens (tertiary/aromatic N) is 3. The zero-order valence-corrected chi connectivity index (χ0v) is 17.1. The number of amides is 2. The lowest BCUT2D eigenvalue weighted by atomic mass is 10.2. The Morgan fingerprint density at radius 3 is 2.38 bits per heavy atom. The molecule has 0 saturated carbocycles. The highest BCUT2D eigenvalue weighted by molar-refractivity contribution is 8.00. The second-order valence-electron chi connectivity index (χ2n) is 6.16. The average Bonchev–Trinajstić information content (AvgIpc) is 3.12. The Bertz CT molecular complexity index is 989. The number of nitrogens with one attached hydrogen (secondary N) is 2. The van der Waals surface area contributed by atoms with Crippen LogP contribution in [0.1, 0.15) is 17.3 Å². The van der Waals surface area contributed by atoms with E-state index in [0.29, 0.717) is 16.5 Å². The lowest BCUT2D eigenvalue weighted by Crippen LogP contribution is -2.44. The minimum Gasteiger partial charge on any atom is -0.497 e. The minimum atomic E-state index is -0.488. The van der Waals surface area contributed by atoms with Gasteiger partial charge in [0.25, 0.3) is 11.8 Å². The lowest BCUT2D eigenvalue weighted by Gasteiger charge is -2.12. The smallest absolute Gasteiger partial charge is 0.269 e. The molecule has 29 heavy (non-hydrogen) atoms. The number of hydrogen-bond acceptors (Lipinski definition) is 6. The summed E-state index contributed by atoms with van der Waals surface area (Å²) in [6, 6.07) is 16.1. The average molecular weight is 411 g/mol. The molecule has 0 aliphatic heterocycles. The van der Waals surface area contributed by atoms with Crippen molar-refractivity contribution in [3.8, 4) is 17.1 Å². The molecule has 0 radical (unpaired) electrons. The highest BCUT2D eigenvalue weighted by atomic mass is 32.2. The summed E-state index contributed by atoms with van der Waals surface area (Å²) in [5.41, 5.74) is 6.21. The van der Waals surface area contributed by atoms with Gasteiger partial charge in [-0.2, -0.15) is 0 Å². The van der Waals surface area contributed by atoms with Gasteiger partial charge in [-0.3, -0.25) is 20.4 Å². The molecule has 1 atom stereocenters. The number of methoxy groups -OCH3 is 1. The second kappa shape index (κ2) is 9.24. The van der Waals surface area contributed by atoms with E-state index in [4.69, 9.17) is 4.74 Å². The Morgan fingerprint density at radius 1 is 1.03 bits per heavy atom. The normalized spacial score (nSPS) is 11.6. The third kappa shape index (κ3) is 4.94. The van der Waals surface area contributed by atoms with Gasteiger partial charge in [0, 0.05) is 18.2 Å². The van der Waals surface area contributed by atoms with Crippen LogP contribution >= 0.6 is 11.8 Å². The molecule has 1 heterocycles. The van der Waals surface area contributed by atoms with Gasteiger partial charge in [-0.25, -0.2) is 0 Å². The Morgan fingerprint density at radius 2 is 1.72 bits per heavy atom. The molecule has 0 fully saturated rings. The topological polar surface area (TPSA) is 98.1 Å². The molecule has 0 saturated heterocycles. The van der Waals surface area contributed by atoms with Gasteiger partial charge in [0.05, 0.1) is 12.4 Å². The van der Waals surface area contributed by atoms with Gasteiger partial charge >= 0.3 is 0 Å². The summed E-state index contributed by atoms with van der Waals surface area (Å²) >= 11 is 1.25. The molecule has 2 amide bonds. The van der Waals surface area contributed by atoms with Gasteiger partial charge in [0.1, 0.15) is 5.75 Å². The van der Waals surface area contributed by atoms with Gasteiger partial charge in [-0.15, -0.1) is 10.2 Å². The molecule has 2 N–H and O–H groups in total. The van der Waals surface area contributed by atoms with Crippen molar-refractivity contribution in [3.05, 3.63) is 60.2 Å². The van der Waals surface area contributed by atoms with Crippen molar-refractivity contribution in [2.24, 2.45) is 7.05 Å². The fourth-order valence-electron chi connectivity index (χ4n) is 2.50. The van der Waals surface area contributed by atoms with E-state index in [1.807, 2.05) is 41.9 Å². The fraction of sp³-hybridized carbons (Fsp3) is 0.200. The van der Waals surface area contributed by atoms with Crippen molar-refractivity contribution in [3.63, 3.8) is 0 Å². The maximum absolute atomic E-state index is 12.3. The van der Waals surface area contributed by atoms with Crippen molar-refractivity contribution in [1.29, 1.82) is 0 Å². The summed E-state index contributed by atoms with van der Waals surface area (Å²) in [7, 11) is 3.45. The molecule has 2 aromatic carbocycles. The quantitative estimate of drug-likeness (QED) is 0.478. The summed E-state index contributed by atoms with van der Waals surface area (Å²) in [6.07, 6.45) is 0. The Hall–Kier alpha value is -3.33. The number of aromatic nitrogens is 3. The summed E-state index contributed by atoms with van der Waals surface area (Å²) in [5.74, 6) is 0.721. The first kappa shape index (κ1) is 20.4. The number of benzene rings is 2. The van der Waals surface area contributed by atoms with Crippen LogP contribution in [-0.2, 0) is 11.8 Å². The standard InChI is InChI=1S/C20H21N5O3S/c1-13(18(26)22-23-19(27)15-7-5-4-6-8-15)29-20-24-21-17(25(20)2)14-9-11-16(28-3)12-10-14/h4-13H,1-3H3,(H,22,26)(H,23,27)/t13-/m0/s1. The zero-order chi connectivity index (χ0) is 20.8. The van der Waals surface area contributed by atoms with E-state index in [-0.39, 0.29) is 11.8 Å². The number of hydrazine groups is 1. The Balaban J connectivity index is 1.60. The third-order valence-electron chi connectivity index (χ3n) is 4.17. The number of ether oxygens (including phenoxy) is 1. The van der Waals surface area contributed by atoms with Crippen LogP contribution in [0.3, 0.4) is 0 Å². The maximum atomic E-state index is 12.3. The van der Waals surface area contributed by atoms with E-state index in [1.165, 1.54) is 11.8 Å². The predicted octanol–water partition coefficient (Wildman–Crippen LogP) is 2.43. The molecule has 0 aliphatic rings. The highest BCUT2D eigenvalue weighted by Crippen LogP contribution is 2.26. The molecule has 0 aliphatic carbocycles. The molecule has 3 rings (SSSR count). The van der Waals surface area contributed by atoms with Gasteiger partial charge < -0.3 is 9.30 Å². The zero-order valence-electron chi connectivity index (χ0n) is 16.2. The van der Waals surface area contributed by atoms with Crippen molar-refractivity contribution in [2.75, 3.05) is 7.11 Å². The number of thioether (sulfide) groups is 1. The van der Waals surface area contributed by atoms with Gasteiger partial charge in [0.15, 0.2) is 11.0 Å². The van der Waals surface area contributed by atoms with Gasteiger partial charge in [0.2, 0.25) is 0 Å². The first-order valence-corrected chi connectivity index (χ1v) is 9.73. The predicted molar refractivity (Wildman–Crippen MR) is 110 cm³/mol. The molecule has 8 nitrogen and oxygen atoms in total. The summed E-state index contributed by atoms with van der Waals surface area (Å²) in [6.45, 7) is 1.73. The van der Waals surface area contributed by atoms with Gasteiger partial charge in [-0.05, 0) is 43.3 Å². The molecule has 0 bridgehead atoms. The van der Waals surface area contributed by atoms with Crippen LogP contribution in [0.4, 0.5) is 0 Å². The number of carbonyl (C=O) groups is 2. The SMILES string of the molecule is COc1ccc(-c2nnc(S[C@@H](C)C(=O)NNC(=O)c3ccccc3)n2C)cc1. The number of hydrogen-bond donors (Lipinski definition) is 2. The summed E-state index contributed by atoms with van der Waals surface area (Å²) in [4.78, 5) is 24.3. The molecular formula is C20H21N5O3S. The molecule has 3 aromatic rings. The summed E-state index contributed by atoms with van der Waals surface area (Å²) < 4.78 is 6.98. The van der Waals surface area contributed by atoms with Crippen molar-refractivity contribution in [1.82, 2.24) is 25.6 Å². The molecule has 9 heteroatoms. The van der Waals surface area contributed by atoms with E-state index in [9.17, 15) is 9.59 Å². The van der Waals surface area contributed by atoms with E-state index in [1.54, 1.807) is 38.3 Å². The van der Waals surface area contributed by atoms with Gasteiger partial charge in [-0.1, -0.05) is 30.0 Å². The molecule has 0 spiro atoms. The third-order valence-corrected chi connectivity index (χ3v) is 5.30. The van der Waals surface area contributed by atoms with Crippen molar-refractivity contribution < 1.29 is 14.3 Å². The minimum absolute atomic E-state index is 0.340. The maximum Gasteiger partial charge on any atom is 0.269 e. The number of rotatable bonds is 6. The van der Waals surface area contributed by atoms with Crippen LogP contribution in [-0.4, -0.2) is 38.9 Å². The van der Waals surface area contributed by atoms with Crippen molar-refractivity contribution >= 4 is 23.6 Å². The van der Waals surface area contributed by atoms with Crippen LogP contribution in [0.25, 0.3) is 11.4 Å². The number of carbonyl (C=O) groups excluding carboxylic acids is 2.